The molecule has 32 heavy (non-hydrogen) atoms. The molecule has 0 aliphatic heterocycles. The molecule has 0 amide bonds. The Morgan fingerprint density at radius 3 is 2.34 bits per heavy atom. The van der Waals surface area contributed by atoms with Crippen molar-refractivity contribution in [2.45, 2.75) is 26.4 Å². The largest absolute Gasteiger partial charge is 0.490 e. The molecule has 0 bridgehead atoms. The molecule has 0 fully saturated rings. The fraction of sp³-hybridized carbons (Fsp3) is 0.269. The first kappa shape index (κ1) is 21.7. The average Bonchev–Trinajstić information content (AvgIpc) is 3.13. The summed E-state index contributed by atoms with van der Waals surface area (Å²) in [6, 6.07) is 11.8. The summed E-state index contributed by atoms with van der Waals surface area (Å²) in [7, 11) is 0. The topological polar surface area (TPSA) is 70.5 Å². The summed E-state index contributed by atoms with van der Waals surface area (Å²) in [5.41, 5.74) is 6.51. The number of benzene rings is 1. The Bertz CT molecular complexity index is 1080. The van der Waals surface area contributed by atoms with E-state index < -0.39 is 6.10 Å². The van der Waals surface area contributed by atoms with Crippen LogP contribution in [0.25, 0.3) is 16.7 Å². The summed E-state index contributed by atoms with van der Waals surface area (Å²) in [5.74, 6) is 0.389. The first-order valence-corrected chi connectivity index (χ1v) is 10.8. The van der Waals surface area contributed by atoms with Gasteiger partial charge < -0.3 is 14.2 Å². The van der Waals surface area contributed by atoms with Gasteiger partial charge in [0, 0.05) is 48.9 Å². The Kier molecular flexibility index (Phi) is 6.92. The Morgan fingerprint density at radius 1 is 0.969 bits per heavy atom. The fourth-order valence-electron chi connectivity index (χ4n) is 3.90. The average molecular weight is 431 g/mol. The maximum Gasteiger partial charge on any atom is 0.335 e. The minimum absolute atomic E-state index is 0.331. The van der Waals surface area contributed by atoms with Crippen molar-refractivity contribution in [2.24, 2.45) is 0 Å². The zero-order valence-corrected chi connectivity index (χ0v) is 18.3. The number of carbonyl (C=O) groups is 1. The highest BCUT2D eigenvalue weighted by Gasteiger charge is 2.23. The zero-order valence-electron chi connectivity index (χ0n) is 18.3. The molecule has 1 unspecified atom stereocenters. The number of aromatic nitrogens is 2. The molecular formula is C26H26N2O4. The lowest BCUT2D eigenvalue weighted by Crippen LogP contribution is -2.29. The minimum Gasteiger partial charge on any atom is -0.490 e. The first-order valence-electron chi connectivity index (χ1n) is 10.8. The van der Waals surface area contributed by atoms with Crippen molar-refractivity contribution in [2.75, 3.05) is 19.8 Å². The van der Waals surface area contributed by atoms with Crippen LogP contribution in [-0.2, 0) is 20.7 Å². The van der Waals surface area contributed by atoms with E-state index in [9.17, 15) is 4.79 Å². The molecule has 3 aromatic rings. The molecule has 0 N–H and O–H groups in total. The zero-order chi connectivity index (χ0) is 22.3. The molecule has 2 heterocycles. The van der Waals surface area contributed by atoms with Crippen LogP contribution in [0.15, 0.2) is 67.3 Å². The van der Waals surface area contributed by atoms with Gasteiger partial charge in [-0.05, 0) is 66.5 Å². The van der Waals surface area contributed by atoms with Gasteiger partial charge in [0.05, 0.1) is 6.61 Å². The summed E-state index contributed by atoms with van der Waals surface area (Å²) < 4.78 is 16.7. The maximum absolute atomic E-state index is 12.1. The van der Waals surface area contributed by atoms with E-state index in [2.05, 4.69) is 16.0 Å². The SMILES string of the molecule is CCOC(=O)C(Cc1cccc(OCC=C2c3cnccc3-c3ccncc32)c1)OCC. The van der Waals surface area contributed by atoms with Crippen LogP contribution >= 0.6 is 0 Å². The number of hydrogen-bond donors (Lipinski definition) is 0. The van der Waals surface area contributed by atoms with Crippen LogP contribution in [0.5, 0.6) is 5.75 Å². The number of esters is 1. The van der Waals surface area contributed by atoms with E-state index in [1.807, 2.05) is 55.7 Å². The van der Waals surface area contributed by atoms with Crippen molar-refractivity contribution < 1.29 is 19.0 Å². The second-order valence-corrected chi connectivity index (χ2v) is 7.32. The van der Waals surface area contributed by atoms with Gasteiger partial charge in [-0.3, -0.25) is 9.97 Å². The van der Waals surface area contributed by atoms with E-state index in [-0.39, 0.29) is 5.97 Å². The number of ether oxygens (including phenoxy) is 3. The molecular weight excluding hydrogens is 404 g/mol. The Hall–Kier alpha value is -3.51. The Morgan fingerprint density at radius 2 is 1.69 bits per heavy atom. The summed E-state index contributed by atoms with van der Waals surface area (Å²) in [5, 5.41) is 0. The van der Waals surface area contributed by atoms with Crippen molar-refractivity contribution >= 4 is 11.5 Å². The highest BCUT2D eigenvalue weighted by Crippen LogP contribution is 2.42. The fourth-order valence-corrected chi connectivity index (χ4v) is 3.90. The second kappa shape index (κ2) is 10.2. The highest BCUT2D eigenvalue weighted by molar-refractivity contribution is 6.00. The predicted molar refractivity (Wildman–Crippen MR) is 122 cm³/mol. The summed E-state index contributed by atoms with van der Waals surface area (Å²) >= 11 is 0. The number of hydrogen-bond acceptors (Lipinski definition) is 6. The number of pyridine rings is 2. The third kappa shape index (κ3) is 4.70. The lowest BCUT2D eigenvalue weighted by Gasteiger charge is -2.16. The van der Waals surface area contributed by atoms with Crippen LogP contribution in [0, 0.1) is 0 Å². The standard InChI is InChI=1S/C26H26N2O4/c1-3-30-25(26(29)31-4-2)15-18-6-5-7-19(14-18)32-13-10-22-23-16-27-11-8-20(23)21-9-12-28-17-24(21)22/h5-12,14,16-17,25H,3-4,13,15H2,1-2H3. The van der Waals surface area contributed by atoms with Crippen molar-refractivity contribution in [3.63, 3.8) is 0 Å². The molecule has 0 radical (unpaired) electrons. The lowest BCUT2D eigenvalue weighted by molar-refractivity contribution is -0.156. The van der Waals surface area contributed by atoms with Crippen molar-refractivity contribution in [1.82, 2.24) is 9.97 Å². The van der Waals surface area contributed by atoms with Gasteiger partial charge in [0.1, 0.15) is 12.4 Å². The number of fused-ring (bicyclic) bond motifs is 3. The van der Waals surface area contributed by atoms with E-state index in [1.165, 1.54) is 0 Å². The molecule has 1 aromatic carbocycles. The first-order chi connectivity index (χ1) is 15.7. The molecule has 1 aliphatic rings. The van der Waals surface area contributed by atoms with E-state index >= 15 is 0 Å². The van der Waals surface area contributed by atoms with E-state index in [0.717, 1.165) is 39.1 Å². The molecule has 0 saturated heterocycles. The normalized spacial score (nSPS) is 12.6. The number of nitrogens with zero attached hydrogens (tertiary/aromatic N) is 2. The van der Waals surface area contributed by atoms with Gasteiger partial charge in [-0.2, -0.15) is 0 Å². The summed E-state index contributed by atoms with van der Waals surface area (Å²) in [6.07, 6.45) is 9.24. The van der Waals surface area contributed by atoms with Crippen LogP contribution in [0.1, 0.15) is 30.5 Å². The molecule has 6 heteroatoms. The van der Waals surface area contributed by atoms with Crippen molar-refractivity contribution in [1.29, 1.82) is 0 Å². The molecule has 2 aromatic heterocycles. The van der Waals surface area contributed by atoms with Crippen LogP contribution in [0.4, 0.5) is 0 Å². The van der Waals surface area contributed by atoms with Crippen LogP contribution < -0.4 is 4.74 Å². The Labute approximate surface area is 187 Å². The van der Waals surface area contributed by atoms with E-state index in [0.29, 0.717) is 26.2 Å². The van der Waals surface area contributed by atoms with E-state index in [4.69, 9.17) is 14.2 Å². The summed E-state index contributed by atoms with van der Waals surface area (Å²) in [4.78, 5) is 20.7. The predicted octanol–water partition coefficient (Wildman–Crippen LogP) is 4.48. The highest BCUT2D eigenvalue weighted by atomic mass is 16.6. The molecule has 4 rings (SSSR count). The van der Waals surface area contributed by atoms with Gasteiger partial charge in [0.2, 0.25) is 0 Å². The molecule has 164 valence electrons. The maximum atomic E-state index is 12.1. The van der Waals surface area contributed by atoms with Gasteiger partial charge in [-0.1, -0.05) is 12.1 Å². The van der Waals surface area contributed by atoms with Gasteiger partial charge >= 0.3 is 5.97 Å². The number of rotatable bonds is 9. The van der Waals surface area contributed by atoms with Crippen molar-refractivity contribution in [3.8, 4) is 16.9 Å². The van der Waals surface area contributed by atoms with E-state index in [1.54, 1.807) is 19.3 Å². The second-order valence-electron chi connectivity index (χ2n) is 7.32. The van der Waals surface area contributed by atoms with Gasteiger partial charge in [-0.15, -0.1) is 0 Å². The van der Waals surface area contributed by atoms with Gasteiger partial charge in [0.25, 0.3) is 0 Å². The molecule has 0 saturated carbocycles. The molecule has 0 spiro atoms. The quantitative estimate of drug-likeness (QED) is 0.365. The van der Waals surface area contributed by atoms with Gasteiger partial charge in [0.15, 0.2) is 6.10 Å². The van der Waals surface area contributed by atoms with Crippen LogP contribution in [0.2, 0.25) is 0 Å². The summed E-state index contributed by atoms with van der Waals surface area (Å²) in [6.45, 7) is 4.83. The van der Waals surface area contributed by atoms with Crippen LogP contribution in [-0.4, -0.2) is 41.9 Å². The number of carbonyl (C=O) groups excluding carboxylic acids is 1. The third-order valence-corrected chi connectivity index (χ3v) is 5.29. The van der Waals surface area contributed by atoms with Gasteiger partial charge in [-0.25, -0.2) is 4.79 Å². The molecule has 1 atom stereocenters. The monoisotopic (exact) mass is 430 g/mol. The smallest absolute Gasteiger partial charge is 0.335 e. The van der Waals surface area contributed by atoms with Crippen LogP contribution in [0.3, 0.4) is 0 Å². The third-order valence-electron chi connectivity index (χ3n) is 5.29. The molecule has 1 aliphatic carbocycles. The molecule has 6 nitrogen and oxygen atoms in total. The minimum atomic E-state index is -0.621. The van der Waals surface area contributed by atoms with Crippen molar-refractivity contribution in [3.05, 3.63) is 84.0 Å². The Balaban J connectivity index is 1.47. The lowest BCUT2D eigenvalue weighted by atomic mass is 10.1.